The average molecular weight is 259 g/mol. The van der Waals surface area contributed by atoms with Crippen molar-refractivity contribution < 1.29 is 19.5 Å². The number of hydrogen-bond donors (Lipinski definition) is 1. The highest BCUT2D eigenvalue weighted by Gasteiger charge is 2.31. The summed E-state index contributed by atoms with van der Waals surface area (Å²) in [6.45, 7) is 3.85. The Bertz CT molecular complexity index is 313. The molecule has 1 aliphatic heterocycles. The molecule has 0 bridgehead atoms. The van der Waals surface area contributed by atoms with Crippen molar-refractivity contribution >= 4 is 29.5 Å². The number of imide groups is 1. The lowest BCUT2D eigenvalue weighted by Gasteiger charge is -2.27. The minimum atomic E-state index is -0.947. The first-order chi connectivity index (χ1) is 7.91. The van der Waals surface area contributed by atoms with Crippen LogP contribution in [0, 0.1) is 11.8 Å². The van der Waals surface area contributed by atoms with E-state index in [2.05, 4.69) is 0 Å². The van der Waals surface area contributed by atoms with E-state index in [0.717, 1.165) is 4.90 Å². The van der Waals surface area contributed by atoms with Gasteiger partial charge in [-0.1, -0.05) is 13.8 Å². The number of aliphatic carboxylic acids is 1. The fraction of sp³-hybridized carbons (Fsp3) is 0.727. The Morgan fingerprint density at radius 3 is 2.29 bits per heavy atom. The van der Waals surface area contributed by atoms with E-state index in [0.29, 0.717) is 6.42 Å². The number of carbonyl (C=O) groups is 3. The van der Waals surface area contributed by atoms with Gasteiger partial charge in [0.1, 0.15) is 0 Å². The molecule has 1 heterocycles. The molecule has 0 radical (unpaired) electrons. The number of hydrogen-bond acceptors (Lipinski definition) is 4. The lowest BCUT2D eigenvalue weighted by Crippen LogP contribution is -2.46. The number of carbonyl (C=O) groups excluding carboxylic acids is 2. The second kappa shape index (κ2) is 6.05. The molecule has 1 aliphatic rings. The molecule has 0 spiro atoms. The molecule has 1 unspecified atom stereocenters. The van der Waals surface area contributed by atoms with Crippen LogP contribution in [-0.2, 0) is 14.4 Å². The summed E-state index contributed by atoms with van der Waals surface area (Å²) in [7, 11) is 0. The maximum Gasteiger partial charge on any atom is 0.308 e. The Kier molecular flexibility index (Phi) is 4.99. The molecule has 1 saturated heterocycles. The Hall–Kier alpha value is -1.04. The van der Waals surface area contributed by atoms with Gasteiger partial charge in [-0.05, 0) is 12.3 Å². The highest BCUT2D eigenvalue weighted by Crippen LogP contribution is 2.18. The van der Waals surface area contributed by atoms with Crippen molar-refractivity contribution in [3.63, 3.8) is 0 Å². The molecule has 5 nitrogen and oxygen atoms in total. The number of thioether (sulfide) groups is 1. The van der Waals surface area contributed by atoms with Crippen molar-refractivity contribution in [2.75, 3.05) is 18.1 Å². The quantitative estimate of drug-likeness (QED) is 0.740. The van der Waals surface area contributed by atoms with Gasteiger partial charge in [0, 0.05) is 6.54 Å². The molecule has 96 valence electrons. The molecule has 0 aromatic rings. The standard InChI is InChI=1S/C11H17NO4S/c1-7(2)3-8(11(15)16)4-12-9(13)5-17-6-10(12)14/h7-8H,3-6H2,1-2H3,(H,15,16). The molecule has 1 atom stereocenters. The number of amides is 2. The van der Waals surface area contributed by atoms with Crippen molar-refractivity contribution in [2.45, 2.75) is 20.3 Å². The first-order valence-corrected chi connectivity index (χ1v) is 6.71. The Labute approximate surface area is 105 Å². The Morgan fingerprint density at radius 2 is 1.88 bits per heavy atom. The van der Waals surface area contributed by atoms with Crippen molar-refractivity contribution in [2.24, 2.45) is 11.8 Å². The van der Waals surface area contributed by atoms with Gasteiger partial charge in [-0.2, -0.15) is 0 Å². The Balaban J connectivity index is 2.67. The van der Waals surface area contributed by atoms with Crippen LogP contribution in [0.4, 0.5) is 0 Å². The molecule has 2 amide bonds. The highest BCUT2D eigenvalue weighted by molar-refractivity contribution is 8.00. The van der Waals surface area contributed by atoms with Crippen molar-refractivity contribution in [3.8, 4) is 0 Å². The zero-order chi connectivity index (χ0) is 13.0. The molecular weight excluding hydrogens is 242 g/mol. The zero-order valence-corrected chi connectivity index (χ0v) is 10.8. The van der Waals surface area contributed by atoms with Gasteiger partial charge in [0.2, 0.25) is 11.8 Å². The SMILES string of the molecule is CC(C)CC(CN1C(=O)CSCC1=O)C(=O)O. The molecule has 0 aliphatic carbocycles. The summed E-state index contributed by atoms with van der Waals surface area (Å²) in [5.41, 5.74) is 0. The fourth-order valence-corrected chi connectivity index (χ4v) is 2.53. The third kappa shape index (κ3) is 4.03. The molecule has 17 heavy (non-hydrogen) atoms. The lowest BCUT2D eigenvalue weighted by molar-refractivity contribution is -0.147. The lowest BCUT2D eigenvalue weighted by atomic mass is 9.96. The smallest absolute Gasteiger partial charge is 0.308 e. The van der Waals surface area contributed by atoms with Crippen LogP contribution in [0.15, 0.2) is 0 Å². The zero-order valence-electron chi connectivity index (χ0n) is 10.0. The molecule has 0 aromatic carbocycles. The predicted octanol–water partition coefficient (Wildman–Crippen LogP) is 0.835. The van der Waals surface area contributed by atoms with Gasteiger partial charge in [0.05, 0.1) is 17.4 Å². The van der Waals surface area contributed by atoms with Gasteiger partial charge in [-0.15, -0.1) is 11.8 Å². The van der Waals surface area contributed by atoms with Crippen LogP contribution < -0.4 is 0 Å². The van der Waals surface area contributed by atoms with Crippen LogP contribution in [0.1, 0.15) is 20.3 Å². The molecule has 0 aromatic heterocycles. The normalized spacial score (nSPS) is 18.6. The van der Waals surface area contributed by atoms with E-state index in [1.807, 2.05) is 13.8 Å². The third-order valence-corrected chi connectivity index (χ3v) is 3.46. The molecule has 1 N–H and O–H groups in total. The second-order valence-electron chi connectivity index (χ2n) is 4.56. The molecular formula is C11H17NO4S. The minimum absolute atomic E-state index is 0.00569. The average Bonchev–Trinajstić information content (AvgIpc) is 2.21. The van der Waals surface area contributed by atoms with Crippen LogP contribution in [0.5, 0.6) is 0 Å². The van der Waals surface area contributed by atoms with Crippen LogP contribution >= 0.6 is 11.8 Å². The summed E-state index contributed by atoms with van der Waals surface area (Å²) >= 11 is 1.28. The summed E-state index contributed by atoms with van der Waals surface area (Å²) in [6.07, 6.45) is 0.472. The number of nitrogens with zero attached hydrogens (tertiary/aromatic N) is 1. The van der Waals surface area contributed by atoms with Crippen molar-refractivity contribution in [3.05, 3.63) is 0 Å². The summed E-state index contributed by atoms with van der Waals surface area (Å²) < 4.78 is 0. The molecule has 1 rings (SSSR count). The van der Waals surface area contributed by atoms with Crippen molar-refractivity contribution in [1.82, 2.24) is 4.90 Å². The van der Waals surface area contributed by atoms with Crippen LogP contribution in [0.2, 0.25) is 0 Å². The van der Waals surface area contributed by atoms with Gasteiger partial charge in [0.15, 0.2) is 0 Å². The van der Waals surface area contributed by atoms with Gasteiger partial charge >= 0.3 is 5.97 Å². The molecule has 0 saturated carbocycles. The highest BCUT2D eigenvalue weighted by atomic mass is 32.2. The van der Waals surface area contributed by atoms with Crippen LogP contribution in [-0.4, -0.2) is 45.8 Å². The molecule has 6 heteroatoms. The van der Waals surface area contributed by atoms with Gasteiger partial charge < -0.3 is 5.11 Å². The van der Waals surface area contributed by atoms with Gasteiger partial charge in [-0.25, -0.2) is 0 Å². The third-order valence-electron chi connectivity index (χ3n) is 2.56. The summed E-state index contributed by atoms with van der Waals surface area (Å²) in [4.78, 5) is 35.2. The monoisotopic (exact) mass is 259 g/mol. The van der Waals surface area contributed by atoms with Crippen LogP contribution in [0.25, 0.3) is 0 Å². The topological polar surface area (TPSA) is 74.7 Å². The van der Waals surface area contributed by atoms with Gasteiger partial charge in [0.25, 0.3) is 0 Å². The summed E-state index contributed by atoms with van der Waals surface area (Å²) in [6, 6.07) is 0. The number of carboxylic acid groups (broad SMARTS) is 1. The fourth-order valence-electron chi connectivity index (χ4n) is 1.77. The Morgan fingerprint density at radius 1 is 1.35 bits per heavy atom. The van der Waals surface area contributed by atoms with E-state index in [1.165, 1.54) is 11.8 Å². The van der Waals surface area contributed by atoms with E-state index in [9.17, 15) is 14.4 Å². The number of rotatable bonds is 5. The summed E-state index contributed by atoms with van der Waals surface area (Å²) in [5.74, 6) is -1.41. The first-order valence-electron chi connectivity index (χ1n) is 5.55. The van der Waals surface area contributed by atoms with Crippen LogP contribution in [0.3, 0.4) is 0 Å². The van der Waals surface area contributed by atoms with E-state index >= 15 is 0 Å². The second-order valence-corrected chi connectivity index (χ2v) is 5.54. The van der Waals surface area contributed by atoms with E-state index < -0.39 is 11.9 Å². The van der Waals surface area contributed by atoms with Crippen molar-refractivity contribution in [1.29, 1.82) is 0 Å². The maximum absolute atomic E-state index is 11.5. The number of carboxylic acids is 1. The maximum atomic E-state index is 11.5. The largest absolute Gasteiger partial charge is 0.481 e. The molecule has 1 fully saturated rings. The minimum Gasteiger partial charge on any atom is -0.481 e. The van der Waals surface area contributed by atoms with E-state index in [-0.39, 0.29) is 35.8 Å². The van der Waals surface area contributed by atoms with E-state index in [1.54, 1.807) is 0 Å². The predicted molar refractivity (Wildman–Crippen MR) is 64.6 cm³/mol. The summed E-state index contributed by atoms with van der Waals surface area (Å²) in [5, 5.41) is 9.07. The first kappa shape index (κ1) is 14.0. The van der Waals surface area contributed by atoms with E-state index in [4.69, 9.17) is 5.11 Å². The van der Waals surface area contributed by atoms with Gasteiger partial charge in [-0.3, -0.25) is 19.3 Å².